The third-order valence-corrected chi connectivity index (χ3v) is 6.50. The number of aryl methyl sites for hydroxylation is 1. The number of nitrogens with one attached hydrogen (secondary N) is 2. The number of nitrogens with zero attached hydrogens (tertiary/aromatic N) is 6. The third-order valence-electron chi connectivity index (χ3n) is 6.50. The van der Waals surface area contributed by atoms with E-state index in [0.717, 1.165) is 29.9 Å². The van der Waals surface area contributed by atoms with E-state index in [-0.39, 0.29) is 29.7 Å². The monoisotopic (exact) mass is 494 g/mol. The summed E-state index contributed by atoms with van der Waals surface area (Å²) in [5, 5.41) is 6.07. The number of piperidine rings is 2. The van der Waals surface area contributed by atoms with Gasteiger partial charge in [0.1, 0.15) is 0 Å². The largest absolute Gasteiger partial charge is 0.338 e. The zero-order chi connectivity index (χ0) is 25.4. The Morgan fingerprint density at radius 2 is 1.33 bits per heavy atom. The molecule has 0 bridgehead atoms. The number of aromatic nitrogens is 5. The van der Waals surface area contributed by atoms with Crippen molar-refractivity contribution < 1.29 is 0 Å². The van der Waals surface area contributed by atoms with E-state index < -0.39 is 0 Å². The van der Waals surface area contributed by atoms with Crippen LogP contribution in [0.3, 0.4) is 0 Å². The predicted molar refractivity (Wildman–Crippen MR) is 140 cm³/mol. The minimum Gasteiger partial charge on any atom is -0.338 e. The lowest BCUT2D eigenvalue weighted by molar-refractivity contribution is 0.441. The summed E-state index contributed by atoms with van der Waals surface area (Å²) in [7, 11) is 0. The van der Waals surface area contributed by atoms with Crippen molar-refractivity contribution in [3.63, 3.8) is 0 Å². The molecular weight excluding hydrogens is 460 g/mol. The standard InChI is InChI=1S/C23H34N12O/c1-13-6-20(36)32-35(13)19-4-2-18(3-5-19)28-21-29-22(33-9-14(24)7-15(25)10-33)31-23(30-21)34-11-16(26)8-17(27)12-34/h2-6,14-17H,7-12,24-27H2,1H3,(H,32,36)(H,28,29,30,31)/t14-,15+,16-,17+. The molecule has 4 atom stereocenters. The highest BCUT2D eigenvalue weighted by molar-refractivity contribution is 5.58. The highest BCUT2D eigenvalue weighted by Gasteiger charge is 2.28. The van der Waals surface area contributed by atoms with E-state index in [9.17, 15) is 4.79 Å². The van der Waals surface area contributed by atoms with Gasteiger partial charge in [-0.15, -0.1) is 0 Å². The van der Waals surface area contributed by atoms with Gasteiger partial charge in [0.15, 0.2) is 0 Å². The Kier molecular flexibility index (Phi) is 6.62. The lowest BCUT2D eigenvalue weighted by Gasteiger charge is -2.37. The first-order valence-corrected chi connectivity index (χ1v) is 12.2. The Bertz CT molecular complexity index is 1190. The second-order valence-corrected chi connectivity index (χ2v) is 9.85. The summed E-state index contributed by atoms with van der Waals surface area (Å²) < 4.78 is 1.73. The molecule has 2 aromatic heterocycles. The molecule has 0 radical (unpaired) electrons. The molecule has 192 valence electrons. The van der Waals surface area contributed by atoms with Gasteiger partial charge in [0.25, 0.3) is 5.56 Å². The second-order valence-electron chi connectivity index (χ2n) is 9.85. The van der Waals surface area contributed by atoms with E-state index in [4.69, 9.17) is 37.9 Å². The van der Waals surface area contributed by atoms with Crippen molar-refractivity contribution in [1.82, 2.24) is 24.7 Å². The zero-order valence-electron chi connectivity index (χ0n) is 20.3. The van der Waals surface area contributed by atoms with Crippen LogP contribution < -0.4 is 43.6 Å². The minimum absolute atomic E-state index is 0.0571. The maximum Gasteiger partial charge on any atom is 0.264 e. The number of benzene rings is 1. The third kappa shape index (κ3) is 5.33. The van der Waals surface area contributed by atoms with Crippen LogP contribution in [-0.4, -0.2) is 75.1 Å². The molecule has 2 aliphatic rings. The molecule has 0 aliphatic carbocycles. The van der Waals surface area contributed by atoms with Gasteiger partial charge in [0.05, 0.1) is 5.69 Å². The Labute approximate surface area is 208 Å². The van der Waals surface area contributed by atoms with Crippen LogP contribution in [-0.2, 0) is 0 Å². The highest BCUT2D eigenvalue weighted by Crippen LogP contribution is 2.24. The lowest BCUT2D eigenvalue weighted by Crippen LogP contribution is -2.54. The number of H-pyrrole nitrogens is 1. The van der Waals surface area contributed by atoms with Crippen LogP contribution in [0.25, 0.3) is 5.69 Å². The number of hydrogen-bond donors (Lipinski definition) is 6. The molecule has 5 rings (SSSR count). The summed E-state index contributed by atoms with van der Waals surface area (Å²) >= 11 is 0. The Morgan fingerprint density at radius 1 is 0.833 bits per heavy atom. The van der Waals surface area contributed by atoms with E-state index in [0.29, 0.717) is 44.0 Å². The van der Waals surface area contributed by atoms with Gasteiger partial charge in [-0.25, -0.2) is 0 Å². The Balaban J connectivity index is 1.44. The molecule has 4 heterocycles. The molecule has 13 heteroatoms. The van der Waals surface area contributed by atoms with Gasteiger partial charge < -0.3 is 38.1 Å². The van der Waals surface area contributed by atoms with Gasteiger partial charge in [0.2, 0.25) is 17.8 Å². The fraction of sp³-hybridized carbons (Fsp3) is 0.478. The summed E-state index contributed by atoms with van der Waals surface area (Å²) in [6.45, 7) is 4.31. The summed E-state index contributed by atoms with van der Waals surface area (Å²) in [6, 6.07) is 8.93. The molecule has 13 nitrogen and oxygen atoms in total. The van der Waals surface area contributed by atoms with Crippen LogP contribution in [0.4, 0.5) is 23.5 Å². The SMILES string of the molecule is Cc1cc(=O)[nH]n1-c1ccc(Nc2nc(N3C[C@H](N)C[C@H](N)C3)nc(N3C[C@H](N)C[C@H](N)C3)n2)cc1. The first-order valence-electron chi connectivity index (χ1n) is 12.2. The summed E-state index contributed by atoms with van der Waals surface area (Å²) in [5.74, 6) is 1.42. The first kappa shape index (κ1) is 24.2. The number of hydrogen-bond acceptors (Lipinski definition) is 11. The van der Waals surface area contributed by atoms with Crippen LogP contribution in [0.2, 0.25) is 0 Å². The molecule has 0 unspecified atom stereocenters. The molecule has 1 aromatic carbocycles. The maximum absolute atomic E-state index is 11.6. The van der Waals surface area contributed by atoms with E-state index in [1.54, 1.807) is 10.7 Å². The maximum atomic E-state index is 11.6. The molecule has 0 saturated carbocycles. The topological polar surface area (TPSA) is 199 Å². The van der Waals surface area contributed by atoms with E-state index >= 15 is 0 Å². The smallest absolute Gasteiger partial charge is 0.264 e. The molecule has 2 aliphatic heterocycles. The fourth-order valence-electron chi connectivity index (χ4n) is 4.95. The highest BCUT2D eigenvalue weighted by atomic mass is 16.1. The van der Waals surface area contributed by atoms with Gasteiger partial charge in [-0.1, -0.05) is 0 Å². The summed E-state index contributed by atoms with van der Waals surface area (Å²) in [6.07, 6.45) is 1.52. The van der Waals surface area contributed by atoms with E-state index in [1.165, 1.54) is 0 Å². The minimum atomic E-state index is -0.144. The average molecular weight is 495 g/mol. The molecule has 2 fully saturated rings. The van der Waals surface area contributed by atoms with Crippen molar-refractivity contribution in [3.8, 4) is 5.69 Å². The summed E-state index contributed by atoms with van der Waals surface area (Å²) in [5.41, 5.74) is 27.2. The number of anilines is 4. The molecule has 0 amide bonds. The lowest BCUT2D eigenvalue weighted by atomic mass is 10.0. The van der Waals surface area contributed by atoms with Crippen LogP contribution in [0.15, 0.2) is 35.1 Å². The van der Waals surface area contributed by atoms with Crippen molar-refractivity contribution in [2.24, 2.45) is 22.9 Å². The average Bonchev–Trinajstić information content (AvgIpc) is 3.16. The number of nitrogens with two attached hydrogens (primary N) is 4. The second kappa shape index (κ2) is 9.85. The van der Waals surface area contributed by atoms with Crippen LogP contribution in [0.1, 0.15) is 18.5 Å². The van der Waals surface area contributed by atoms with Crippen molar-refractivity contribution >= 4 is 23.5 Å². The van der Waals surface area contributed by atoms with Crippen LogP contribution >= 0.6 is 0 Å². The van der Waals surface area contributed by atoms with E-state index in [2.05, 4.69) is 10.4 Å². The van der Waals surface area contributed by atoms with Gasteiger partial charge in [-0.05, 0) is 44.0 Å². The fourth-order valence-corrected chi connectivity index (χ4v) is 4.95. The molecular formula is C23H34N12O. The molecule has 10 N–H and O–H groups in total. The zero-order valence-corrected chi connectivity index (χ0v) is 20.3. The van der Waals surface area contributed by atoms with Gasteiger partial charge >= 0.3 is 0 Å². The quantitative estimate of drug-likeness (QED) is 0.258. The number of rotatable bonds is 5. The van der Waals surface area contributed by atoms with Crippen LogP contribution in [0.5, 0.6) is 0 Å². The number of aromatic amines is 1. The normalized spacial score (nSPS) is 24.7. The molecule has 3 aromatic rings. The predicted octanol–water partition coefficient (Wildman–Crippen LogP) is -0.868. The van der Waals surface area contributed by atoms with Crippen molar-refractivity contribution in [1.29, 1.82) is 0 Å². The van der Waals surface area contributed by atoms with E-state index in [1.807, 2.05) is 41.0 Å². The Morgan fingerprint density at radius 3 is 1.78 bits per heavy atom. The van der Waals surface area contributed by atoms with Crippen molar-refractivity contribution in [2.75, 3.05) is 41.3 Å². The van der Waals surface area contributed by atoms with Crippen molar-refractivity contribution in [3.05, 3.63) is 46.4 Å². The Hall–Kier alpha value is -3.52. The first-order chi connectivity index (χ1) is 17.2. The van der Waals surface area contributed by atoms with Crippen LogP contribution in [0, 0.1) is 6.92 Å². The van der Waals surface area contributed by atoms with Crippen molar-refractivity contribution in [2.45, 2.75) is 43.9 Å². The molecule has 36 heavy (non-hydrogen) atoms. The molecule has 2 saturated heterocycles. The summed E-state index contributed by atoms with van der Waals surface area (Å²) in [4.78, 5) is 29.8. The van der Waals surface area contributed by atoms with Gasteiger partial charge in [-0.2, -0.15) is 15.0 Å². The van der Waals surface area contributed by atoms with Gasteiger partial charge in [-0.3, -0.25) is 14.6 Å². The van der Waals surface area contributed by atoms with Gasteiger partial charge in [0, 0.05) is 67.8 Å². The molecule has 0 spiro atoms.